The molecule has 2 aromatic rings. The van der Waals surface area contributed by atoms with E-state index >= 15 is 0 Å². The maximum atomic E-state index is 5.97. The Hall–Kier alpha value is -1.83. The number of benzene rings is 1. The molecular formula is C19H26IN5. The summed E-state index contributed by atoms with van der Waals surface area (Å²) >= 11 is 0. The Labute approximate surface area is 166 Å². The van der Waals surface area contributed by atoms with Gasteiger partial charge in [-0.05, 0) is 67.5 Å². The Kier molecular flexibility index (Phi) is 7.97. The van der Waals surface area contributed by atoms with Crippen molar-refractivity contribution < 1.29 is 0 Å². The number of unbranched alkanes of at least 4 members (excludes halogenated alkanes) is 1. The molecular weight excluding hydrogens is 425 g/mol. The third-order valence-corrected chi connectivity index (χ3v) is 4.21. The maximum Gasteiger partial charge on any atom is 0.193 e. The number of halogens is 1. The lowest BCUT2D eigenvalue weighted by Gasteiger charge is -2.08. The Morgan fingerprint density at radius 1 is 1.12 bits per heavy atom. The summed E-state index contributed by atoms with van der Waals surface area (Å²) in [4.78, 5) is 8.63. The summed E-state index contributed by atoms with van der Waals surface area (Å²) < 4.78 is 0. The number of hydrogen-bond acceptors (Lipinski definition) is 3. The number of nitrogens with one attached hydrogen (secondary N) is 2. The van der Waals surface area contributed by atoms with Gasteiger partial charge in [-0.15, -0.1) is 24.0 Å². The minimum Gasteiger partial charge on any atom is -0.370 e. The average molecular weight is 451 g/mol. The highest BCUT2D eigenvalue weighted by Crippen LogP contribution is 2.24. The molecule has 1 aliphatic rings. The van der Waals surface area contributed by atoms with E-state index in [1.807, 2.05) is 18.2 Å². The molecule has 0 fully saturated rings. The van der Waals surface area contributed by atoms with Crippen molar-refractivity contribution in [3.05, 3.63) is 53.7 Å². The second-order valence-electron chi connectivity index (χ2n) is 6.08. The van der Waals surface area contributed by atoms with Crippen LogP contribution in [0.4, 0.5) is 11.5 Å². The fourth-order valence-electron chi connectivity index (χ4n) is 2.96. The first-order chi connectivity index (χ1) is 11.8. The molecule has 134 valence electrons. The smallest absolute Gasteiger partial charge is 0.193 e. The van der Waals surface area contributed by atoms with Crippen LogP contribution in [0.5, 0.6) is 0 Å². The number of anilines is 2. The Morgan fingerprint density at radius 3 is 2.84 bits per heavy atom. The van der Waals surface area contributed by atoms with Gasteiger partial charge in [0.1, 0.15) is 5.82 Å². The number of nitrogens with two attached hydrogens (primary N) is 1. The number of pyridine rings is 1. The number of hydrogen-bond donors (Lipinski definition) is 3. The Morgan fingerprint density at radius 2 is 2.00 bits per heavy atom. The standard InChI is InChI=1S/C19H25N5.HI/c20-19(24-17-10-9-15-6-5-7-16(15)14-17)23-13-4-3-12-22-18-8-1-2-11-21-18;/h1-2,8-11,14H,3-7,12-13H2,(H,21,22)(H3,20,23,24);1H. The maximum absolute atomic E-state index is 5.97. The summed E-state index contributed by atoms with van der Waals surface area (Å²) in [7, 11) is 0. The predicted molar refractivity (Wildman–Crippen MR) is 116 cm³/mol. The van der Waals surface area contributed by atoms with Crippen molar-refractivity contribution in [3.8, 4) is 0 Å². The molecule has 0 atom stereocenters. The second-order valence-corrected chi connectivity index (χ2v) is 6.08. The topological polar surface area (TPSA) is 75.3 Å². The minimum absolute atomic E-state index is 0. The molecule has 1 heterocycles. The van der Waals surface area contributed by atoms with E-state index in [0.29, 0.717) is 5.96 Å². The molecule has 1 aromatic heterocycles. The first-order valence-electron chi connectivity index (χ1n) is 8.65. The molecule has 4 N–H and O–H groups in total. The molecule has 25 heavy (non-hydrogen) atoms. The summed E-state index contributed by atoms with van der Waals surface area (Å²) in [6.45, 7) is 1.62. The van der Waals surface area contributed by atoms with Crippen molar-refractivity contribution in [1.82, 2.24) is 4.98 Å². The van der Waals surface area contributed by atoms with E-state index in [-0.39, 0.29) is 24.0 Å². The molecule has 0 saturated carbocycles. The molecule has 0 unspecified atom stereocenters. The number of aliphatic imine (C=N–C) groups is 1. The molecule has 0 amide bonds. The number of fused-ring (bicyclic) bond motifs is 1. The van der Waals surface area contributed by atoms with Crippen LogP contribution in [0.3, 0.4) is 0 Å². The van der Waals surface area contributed by atoms with Crippen LogP contribution < -0.4 is 16.4 Å². The Bertz CT molecular complexity index is 687. The zero-order valence-corrected chi connectivity index (χ0v) is 16.7. The zero-order chi connectivity index (χ0) is 16.6. The number of aryl methyl sites for hydroxylation is 2. The molecule has 6 heteroatoms. The number of rotatable bonds is 7. The van der Waals surface area contributed by atoms with E-state index in [2.05, 4.69) is 38.8 Å². The third kappa shape index (κ3) is 6.19. The number of nitrogens with zero attached hydrogens (tertiary/aromatic N) is 2. The number of guanidine groups is 1. The zero-order valence-electron chi connectivity index (χ0n) is 14.4. The largest absolute Gasteiger partial charge is 0.370 e. The van der Waals surface area contributed by atoms with E-state index in [0.717, 1.165) is 37.4 Å². The SMILES string of the molecule is I.NC(=NCCCCNc1ccccn1)Nc1ccc2c(c1)CCC2. The summed E-state index contributed by atoms with van der Waals surface area (Å²) in [6.07, 6.45) is 7.45. The predicted octanol–water partition coefficient (Wildman–Crippen LogP) is 3.81. The van der Waals surface area contributed by atoms with Crippen LogP contribution in [0.2, 0.25) is 0 Å². The summed E-state index contributed by atoms with van der Waals surface area (Å²) in [5, 5.41) is 6.48. The van der Waals surface area contributed by atoms with Crippen molar-refractivity contribution >= 4 is 41.4 Å². The lowest BCUT2D eigenvalue weighted by atomic mass is 10.1. The van der Waals surface area contributed by atoms with Crippen LogP contribution in [-0.2, 0) is 12.8 Å². The molecule has 5 nitrogen and oxygen atoms in total. The average Bonchev–Trinajstić information content (AvgIpc) is 3.06. The summed E-state index contributed by atoms with van der Waals surface area (Å²) in [6, 6.07) is 12.3. The first kappa shape index (κ1) is 19.5. The Balaban J connectivity index is 0.00000225. The fraction of sp³-hybridized carbons (Fsp3) is 0.368. The van der Waals surface area contributed by atoms with Crippen molar-refractivity contribution in [1.29, 1.82) is 0 Å². The molecule has 0 aliphatic heterocycles. The number of aromatic nitrogens is 1. The minimum atomic E-state index is 0. The lowest BCUT2D eigenvalue weighted by molar-refractivity contribution is 0.772. The molecule has 0 saturated heterocycles. The monoisotopic (exact) mass is 451 g/mol. The van der Waals surface area contributed by atoms with Crippen molar-refractivity contribution in [2.75, 3.05) is 23.7 Å². The van der Waals surface area contributed by atoms with Crippen molar-refractivity contribution in [2.45, 2.75) is 32.1 Å². The molecule has 1 aromatic carbocycles. The van der Waals surface area contributed by atoms with Crippen LogP contribution in [0, 0.1) is 0 Å². The molecule has 0 bridgehead atoms. The first-order valence-corrected chi connectivity index (χ1v) is 8.65. The van der Waals surface area contributed by atoms with Crippen LogP contribution in [0.1, 0.15) is 30.4 Å². The highest BCUT2D eigenvalue weighted by Gasteiger charge is 2.10. The molecule has 3 rings (SSSR count). The van der Waals surface area contributed by atoms with Crippen LogP contribution in [-0.4, -0.2) is 24.0 Å². The van der Waals surface area contributed by atoms with Gasteiger partial charge in [0.05, 0.1) is 0 Å². The van der Waals surface area contributed by atoms with Gasteiger partial charge < -0.3 is 16.4 Å². The van der Waals surface area contributed by atoms with E-state index < -0.39 is 0 Å². The molecule has 0 radical (unpaired) electrons. The van der Waals surface area contributed by atoms with Gasteiger partial charge in [0.25, 0.3) is 0 Å². The van der Waals surface area contributed by atoms with Gasteiger partial charge >= 0.3 is 0 Å². The fourth-order valence-corrected chi connectivity index (χ4v) is 2.96. The van der Waals surface area contributed by atoms with Crippen LogP contribution in [0.25, 0.3) is 0 Å². The molecule has 0 spiro atoms. The lowest BCUT2D eigenvalue weighted by Crippen LogP contribution is -2.23. The molecule has 1 aliphatic carbocycles. The second kappa shape index (κ2) is 10.2. The third-order valence-electron chi connectivity index (χ3n) is 4.21. The summed E-state index contributed by atoms with van der Waals surface area (Å²) in [5.74, 6) is 1.41. The quantitative estimate of drug-likeness (QED) is 0.259. The van der Waals surface area contributed by atoms with Gasteiger partial charge in [-0.3, -0.25) is 4.99 Å². The van der Waals surface area contributed by atoms with Gasteiger partial charge in [0, 0.05) is 25.0 Å². The van der Waals surface area contributed by atoms with Gasteiger partial charge in [-0.25, -0.2) is 4.98 Å². The highest BCUT2D eigenvalue weighted by molar-refractivity contribution is 14.0. The van der Waals surface area contributed by atoms with E-state index in [9.17, 15) is 0 Å². The van der Waals surface area contributed by atoms with Gasteiger partial charge in [-0.2, -0.15) is 0 Å². The van der Waals surface area contributed by atoms with E-state index in [1.165, 1.54) is 30.4 Å². The summed E-state index contributed by atoms with van der Waals surface area (Å²) in [5.41, 5.74) is 9.91. The normalized spacial score (nSPS) is 13.0. The van der Waals surface area contributed by atoms with Gasteiger partial charge in [0.15, 0.2) is 5.96 Å². The van der Waals surface area contributed by atoms with Gasteiger partial charge in [0.2, 0.25) is 0 Å². The van der Waals surface area contributed by atoms with Crippen molar-refractivity contribution in [3.63, 3.8) is 0 Å². The highest BCUT2D eigenvalue weighted by atomic mass is 127. The van der Waals surface area contributed by atoms with E-state index in [1.54, 1.807) is 6.20 Å². The van der Waals surface area contributed by atoms with Crippen LogP contribution in [0.15, 0.2) is 47.6 Å². The van der Waals surface area contributed by atoms with E-state index in [4.69, 9.17) is 5.73 Å². The van der Waals surface area contributed by atoms with Crippen molar-refractivity contribution in [2.24, 2.45) is 10.7 Å². The van der Waals surface area contributed by atoms with Crippen LogP contribution >= 0.6 is 24.0 Å². The van der Waals surface area contributed by atoms with Gasteiger partial charge in [-0.1, -0.05) is 12.1 Å².